The van der Waals surface area contributed by atoms with E-state index in [0.717, 1.165) is 57.3 Å². The standard InChI is InChI=1S/C34H30N2O2/c1-5-23-15-11-13-21(3)29(23)31-25-17-7-8-18-26(25)32(30-22(4)14-12-16-24(30)6-2)35(31)36-33(37)27-19-9-10-20-28(27)34(36)38/h7-20H,5-6H2,1-4H3. The Kier molecular flexibility index (Phi) is 5.76. The van der Waals surface area contributed by atoms with Crippen LogP contribution in [0.3, 0.4) is 0 Å². The van der Waals surface area contributed by atoms with Gasteiger partial charge in [0.1, 0.15) is 0 Å². The summed E-state index contributed by atoms with van der Waals surface area (Å²) in [5.74, 6) is -0.599. The lowest BCUT2D eigenvalue weighted by molar-refractivity contribution is 0.0888. The van der Waals surface area contributed by atoms with E-state index in [9.17, 15) is 9.59 Å². The normalized spacial score (nSPS) is 13.0. The number of benzene rings is 4. The zero-order valence-corrected chi connectivity index (χ0v) is 22.2. The Morgan fingerprint density at radius 2 is 0.974 bits per heavy atom. The number of amides is 2. The van der Waals surface area contributed by atoms with Gasteiger partial charge >= 0.3 is 0 Å². The lowest BCUT2D eigenvalue weighted by Gasteiger charge is -2.25. The summed E-state index contributed by atoms with van der Waals surface area (Å²) in [6, 6.07) is 28.0. The third-order valence-electron chi connectivity index (χ3n) is 7.79. The minimum absolute atomic E-state index is 0.299. The Morgan fingerprint density at radius 3 is 1.39 bits per heavy atom. The molecule has 0 radical (unpaired) electrons. The highest BCUT2D eigenvalue weighted by molar-refractivity contribution is 6.31. The highest BCUT2D eigenvalue weighted by Crippen LogP contribution is 2.45. The maximum absolute atomic E-state index is 14.0. The highest BCUT2D eigenvalue weighted by atomic mass is 16.2. The van der Waals surface area contributed by atoms with Crippen molar-refractivity contribution in [3.8, 4) is 22.5 Å². The van der Waals surface area contributed by atoms with Gasteiger partial charge in [-0.2, -0.15) is 5.01 Å². The van der Waals surface area contributed by atoms with E-state index in [1.54, 1.807) is 12.1 Å². The summed E-state index contributed by atoms with van der Waals surface area (Å²) in [6.07, 6.45) is 1.66. The molecule has 1 aromatic heterocycles. The minimum Gasteiger partial charge on any atom is -0.267 e. The molecule has 1 aliphatic heterocycles. The van der Waals surface area contributed by atoms with Gasteiger partial charge in [0.05, 0.1) is 22.5 Å². The van der Waals surface area contributed by atoms with Crippen LogP contribution in [0, 0.1) is 13.8 Å². The van der Waals surface area contributed by atoms with Crippen LogP contribution in [0.25, 0.3) is 33.3 Å². The van der Waals surface area contributed by atoms with Crippen molar-refractivity contribution < 1.29 is 9.59 Å². The summed E-state index contributed by atoms with van der Waals surface area (Å²) in [6.45, 7) is 8.50. The average molecular weight is 499 g/mol. The van der Waals surface area contributed by atoms with Crippen molar-refractivity contribution in [2.75, 3.05) is 5.01 Å². The van der Waals surface area contributed by atoms with E-state index in [0.29, 0.717) is 11.1 Å². The maximum Gasteiger partial charge on any atom is 0.281 e. The third-order valence-corrected chi connectivity index (χ3v) is 7.79. The second kappa shape index (κ2) is 9.14. The smallest absolute Gasteiger partial charge is 0.267 e. The van der Waals surface area contributed by atoms with Gasteiger partial charge in [0.2, 0.25) is 0 Å². The number of carbonyl (C=O) groups is 2. The van der Waals surface area contributed by atoms with Crippen molar-refractivity contribution in [3.63, 3.8) is 0 Å². The van der Waals surface area contributed by atoms with Crippen LogP contribution in [-0.4, -0.2) is 16.5 Å². The first kappa shape index (κ1) is 23.9. The zero-order valence-electron chi connectivity index (χ0n) is 22.2. The Morgan fingerprint density at radius 1 is 0.553 bits per heavy atom. The van der Waals surface area contributed by atoms with Crippen LogP contribution in [0.4, 0.5) is 0 Å². The molecule has 6 rings (SSSR count). The average Bonchev–Trinajstić information content (AvgIpc) is 3.39. The molecular weight excluding hydrogens is 468 g/mol. The quantitative estimate of drug-likeness (QED) is 0.234. The van der Waals surface area contributed by atoms with Crippen LogP contribution in [0.15, 0.2) is 84.9 Å². The summed E-state index contributed by atoms with van der Waals surface area (Å²) < 4.78 is 1.93. The Balaban J connectivity index is 1.83. The third kappa shape index (κ3) is 3.37. The molecule has 0 aliphatic carbocycles. The molecule has 0 atom stereocenters. The van der Waals surface area contributed by atoms with Crippen molar-refractivity contribution in [1.82, 2.24) is 4.68 Å². The van der Waals surface area contributed by atoms with Gasteiger partial charge in [-0.3, -0.25) is 9.59 Å². The van der Waals surface area contributed by atoms with Crippen molar-refractivity contribution in [2.24, 2.45) is 0 Å². The molecule has 38 heavy (non-hydrogen) atoms. The van der Waals surface area contributed by atoms with Crippen LogP contribution in [-0.2, 0) is 12.8 Å². The number of imide groups is 1. The van der Waals surface area contributed by atoms with Gasteiger partial charge in [-0.1, -0.05) is 86.6 Å². The molecule has 4 aromatic carbocycles. The largest absolute Gasteiger partial charge is 0.281 e. The molecule has 2 heterocycles. The monoisotopic (exact) mass is 498 g/mol. The number of hydrogen-bond acceptors (Lipinski definition) is 2. The fourth-order valence-corrected chi connectivity index (χ4v) is 6.00. The Bertz CT molecular complexity index is 1630. The first-order valence-corrected chi connectivity index (χ1v) is 13.3. The topological polar surface area (TPSA) is 42.3 Å². The molecule has 188 valence electrons. The SMILES string of the molecule is CCc1cccc(C)c1-c1c2ccccc2c(-c2c(C)cccc2CC)n1N1C(=O)c2ccccc2C1=O. The Hall–Kier alpha value is -4.44. The number of nitrogens with zero attached hydrogens (tertiary/aromatic N) is 2. The lowest BCUT2D eigenvalue weighted by atomic mass is 9.94. The predicted octanol–water partition coefficient (Wildman–Crippen LogP) is 7.65. The minimum atomic E-state index is -0.299. The van der Waals surface area contributed by atoms with Crippen LogP contribution < -0.4 is 5.01 Å². The molecule has 0 N–H and O–H groups in total. The lowest BCUT2D eigenvalue weighted by Crippen LogP contribution is -2.41. The molecule has 2 amide bonds. The second-order valence-electron chi connectivity index (χ2n) is 9.95. The van der Waals surface area contributed by atoms with E-state index in [2.05, 4.69) is 76.2 Å². The van der Waals surface area contributed by atoms with Gasteiger partial charge in [-0.25, -0.2) is 4.68 Å². The van der Waals surface area contributed by atoms with E-state index < -0.39 is 0 Å². The molecule has 5 aromatic rings. The van der Waals surface area contributed by atoms with Crippen molar-refractivity contribution >= 4 is 22.6 Å². The summed E-state index contributed by atoms with van der Waals surface area (Å²) in [5, 5.41) is 3.41. The molecule has 1 aliphatic rings. The van der Waals surface area contributed by atoms with Gasteiger partial charge in [-0.15, -0.1) is 0 Å². The van der Waals surface area contributed by atoms with E-state index >= 15 is 0 Å². The van der Waals surface area contributed by atoms with Gasteiger partial charge in [0.15, 0.2) is 0 Å². The van der Waals surface area contributed by atoms with Crippen LogP contribution in [0.2, 0.25) is 0 Å². The number of rotatable bonds is 5. The fourth-order valence-electron chi connectivity index (χ4n) is 6.00. The molecule has 0 saturated heterocycles. The number of fused-ring (bicyclic) bond motifs is 2. The van der Waals surface area contributed by atoms with Gasteiger partial charge in [0, 0.05) is 21.9 Å². The van der Waals surface area contributed by atoms with E-state index in [-0.39, 0.29) is 11.8 Å². The van der Waals surface area contributed by atoms with Crippen molar-refractivity contribution in [2.45, 2.75) is 40.5 Å². The molecule has 4 heteroatoms. The summed E-state index contributed by atoms with van der Waals surface area (Å²) in [7, 11) is 0. The number of hydrogen-bond donors (Lipinski definition) is 0. The maximum atomic E-state index is 14.0. The van der Waals surface area contributed by atoms with E-state index in [1.165, 1.54) is 16.1 Å². The summed E-state index contributed by atoms with van der Waals surface area (Å²) >= 11 is 0. The zero-order chi connectivity index (χ0) is 26.6. The van der Waals surface area contributed by atoms with E-state index in [4.69, 9.17) is 0 Å². The predicted molar refractivity (Wildman–Crippen MR) is 154 cm³/mol. The van der Waals surface area contributed by atoms with Crippen LogP contribution in [0.1, 0.15) is 56.8 Å². The summed E-state index contributed by atoms with van der Waals surface area (Å²) in [5.41, 5.74) is 9.35. The first-order chi connectivity index (χ1) is 18.5. The molecule has 0 fully saturated rings. The Labute approximate surface area is 223 Å². The first-order valence-electron chi connectivity index (χ1n) is 13.3. The second-order valence-corrected chi connectivity index (χ2v) is 9.95. The molecule has 0 bridgehead atoms. The number of aromatic nitrogens is 1. The highest BCUT2D eigenvalue weighted by Gasteiger charge is 2.40. The van der Waals surface area contributed by atoms with E-state index in [1.807, 2.05) is 28.9 Å². The molecule has 0 unspecified atom stereocenters. The van der Waals surface area contributed by atoms with Gasteiger partial charge < -0.3 is 0 Å². The van der Waals surface area contributed by atoms with Crippen molar-refractivity contribution in [3.05, 3.63) is 118 Å². The van der Waals surface area contributed by atoms with Crippen molar-refractivity contribution in [1.29, 1.82) is 0 Å². The van der Waals surface area contributed by atoms with Gasteiger partial charge in [-0.05, 0) is 61.1 Å². The summed E-state index contributed by atoms with van der Waals surface area (Å²) in [4.78, 5) is 28.0. The fraction of sp³-hybridized carbons (Fsp3) is 0.176. The van der Waals surface area contributed by atoms with Gasteiger partial charge in [0.25, 0.3) is 11.8 Å². The molecule has 0 saturated carbocycles. The van der Waals surface area contributed by atoms with Crippen LogP contribution >= 0.6 is 0 Å². The van der Waals surface area contributed by atoms with Crippen LogP contribution in [0.5, 0.6) is 0 Å². The molecule has 0 spiro atoms. The molecule has 4 nitrogen and oxygen atoms in total. The molecular formula is C34H30N2O2. The number of carbonyl (C=O) groups excluding carboxylic acids is 2. The number of aryl methyl sites for hydroxylation is 4.